The first-order valence-corrected chi connectivity index (χ1v) is 8.49. The first-order valence-electron chi connectivity index (χ1n) is 8.11. The van der Waals surface area contributed by atoms with E-state index in [1.165, 1.54) is 7.11 Å². The van der Waals surface area contributed by atoms with Crippen LogP contribution < -0.4 is 15.4 Å². The van der Waals surface area contributed by atoms with Crippen LogP contribution in [0.1, 0.15) is 25.3 Å². The average molecular weight is 371 g/mol. The summed E-state index contributed by atoms with van der Waals surface area (Å²) in [4.78, 5) is 28.7. The van der Waals surface area contributed by atoms with Crippen LogP contribution in [0.15, 0.2) is 12.3 Å². The van der Waals surface area contributed by atoms with E-state index in [-0.39, 0.29) is 24.7 Å². The standard InChI is InChI=1S/C16H23ClN4O4/c1-3-21(9-14(22)23)12-5-11(6-12)20-16(24)19-8-10-4-13(17)15(25-2)18-7-10/h4,7,11-12H,3,5-6,8-9H2,1-2H3,(H,22,23)(H2,19,20,24). The van der Waals surface area contributed by atoms with Gasteiger partial charge in [0.15, 0.2) is 0 Å². The van der Waals surface area contributed by atoms with E-state index in [1.54, 1.807) is 12.3 Å². The second kappa shape index (κ2) is 8.87. The van der Waals surface area contributed by atoms with Gasteiger partial charge in [-0.2, -0.15) is 0 Å². The molecule has 8 nitrogen and oxygen atoms in total. The molecule has 0 spiro atoms. The van der Waals surface area contributed by atoms with Gasteiger partial charge in [0.2, 0.25) is 5.88 Å². The molecule has 2 rings (SSSR count). The van der Waals surface area contributed by atoms with Crippen molar-refractivity contribution < 1.29 is 19.4 Å². The van der Waals surface area contributed by atoms with Gasteiger partial charge in [0.05, 0.1) is 13.7 Å². The Morgan fingerprint density at radius 2 is 2.20 bits per heavy atom. The van der Waals surface area contributed by atoms with Gasteiger partial charge in [0.1, 0.15) is 5.02 Å². The lowest BCUT2D eigenvalue weighted by atomic mass is 9.85. The molecule has 1 aromatic heterocycles. The fraction of sp³-hybridized carbons (Fsp3) is 0.562. The van der Waals surface area contributed by atoms with Crippen LogP contribution in [0.4, 0.5) is 4.79 Å². The number of rotatable bonds is 8. The Hall–Kier alpha value is -2.06. The Bertz CT molecular complexity index is 622. The highest BCUT2D eigenvalue weighted by Gasteiger charge is 2.34. The maximum Gasteiger partial charge on any atom is 0.317 e. The smallest absolute Gasteiger partial charge is 0.317 e. The summed E-state index contributed by atoms with van der Waals surface area (Å²) in [5, 5.41) is 14.9. The molecule has 1 fully saturated rings. The fourth-order valence-electron chi connectivity index (χ4n) is 2.81. The number of hydrogen-bond donors (Lipinski definition) is 3. The lowest BCUT2D eigenvalue weighted by Gasteiger charge is -2.42. The molecule has 0 saturated heterocycles. The van der Waals surface area contributed by atoms with Crippen molar-refractivity contribution >= 4 is 23.6 Å². The third-order valence-electron chi connectivity index (χ3n) is 4.22. The van der Waals surface area contributed by atoms with E-state index >= 15 is 0 Å². The molecule has 0 radical (unpaired) electrons. The molecule has 1 aliphatic rings. The third kappa shape index (κ3) is 5.47. The van der Waals surface area contributed by atoms with Crippen molar-refractivity contribution in [3.8, 4) is 5.88 Å². The topological polar surface area (TPSA) is 104 Å². The van der Waals surface area contributed by atoms with Crippen molar-refractivity contribution in [2.75, 3.05) is 20.2 Å². The van der Waals surface area contributed by atoms with E-state index in [4.69, 9.17) is 21.4 Å². The highest BCUT2D eigenvalue weighted by Crippen LogP contribution is 2.25. The predicted molar refractivity (Wildman–Crippen MR) is 92.9 cm³/mol. The summed E-state index contributed by atoms with van der Waals surface area (Å²) < 4.78 is 4.98. The number of nitrogens with one attached hydrogen (secondary N) is 2. The zero-order valence-corrected chi connectivity index (χ0v) is 15.0. The number of aliphatic carboxylic acids is 1. The molecular weight excluding hydrogens is 348 g/mol. The number of carboxylic acids is 1. The minimum atomic E-state index is -0.831. The van der Waals surface area contributed by atoms with Gasteiger partial charge in [-0.1, -0.05) is 18.5 Å². The summed E-state index contributed by atoms with van der Waals surface area (Å²) in [6.07, 6.45) is 3.10. The largest absolute Gasteiger partial charge is 0.480 e. The monoisotopic (exact) mass is 370 g/mol. The Morgan fingerprint density at radius 1 is 1.48 bits per heavy atom. The number of ether oxygens (including phenoxy) is 1. The van der Waals surface area contributed by atoms with Crippen LogP contribution in [-0.4, -0.2) is 59.3 Å². The summed E-state index contributed by atoms with van der Waals surface area (Å²) in [6, 6.07) is 1.69. The van der Waals surface area contributed by atoms with E-state index in [0.717, 1.165) is 18.4 Å². The van der Waals surface area contributed by atoms with Crippen LogP contribution in [0.2, 0.25) is 5.02 Å². The van der Waals surface area contributed by atoms with Gasteiger partial charge in [0.25, 0.3) is 0 Å². The molecular formula is C16H23ClN4O4. The number of methoxy groups -OCH3 is 1. The van der Waals surface area contributed by atoms with Gasteiger partial charge in [-0.05, 0) is 31.0 Å². The maximum absolute atomic E-state index is 11.9. The van der Waals surface area contributed by atoms with Gasteiger partial charge in [0, 0.05) is 24.8 Å². The lowest BCUT2D eigenvalue weighted by Crippen LogP contribution is -2.56. The summed E-state index contributed by atoms with van der Waals surface area (Å²) >= 11 is 5.99. The molecule has 0 unspecified atom stereocenters. The van der Waals surface area contributed by atoms with Gasteiger partial charge in [-0.15, -0.1) is 0 Å². The van der Waals surface area contributed by atoms with E-state index in [0.29, 0.717) is 24.0 Å². The third-order valence-corrected chi connectivity index (χ3v) is 4.49. The first kappa shape index (κ1) is 19.3. The number of carboxylic acid groups (broad SMARTS) is 1. The van der Waals surface area contributed by atoms with E-state index in [9.17, 15) is 9.59 Å². The van der Waals surface area contributed by atoms with Crippen molar-refractivity contribution in [1.82, 2.24) is 20.5 Å². The molecule has 0 atom stereocenters. The highest BCUT2D eigenvalue weighted by molar-refractivity contribution is 6.31. The lowest BCUT2D eigenvalue weighted by molar-refractivity contribution is -0.139. The summed E-state index contributed by atoms with van der Waals surface area (Å²) in [7, 11) is 1.49. The summed E-state index contributed by atoms with van der Waals surface area (Å²) in [5.41, 5.74) is 0.769. The molecule has 25 heavy (non-hydrogen) atoms. The molecule has 0 aromatic carbocycles. The number of nitrogens with zero attached hydrogens (tertiary/aromatic N) is 2. The molecule has 1 heterocycles. The van der Waals surface area contributed by atoms with Crippen molar-refractivity contribution in [1.29, 1.82) is 0 Å². The quantitative estimate of drug-likeness (QED) is 0.640. The molecule has 2 amide bonds. The molecule has 0 bridgehead atoms. The van der Waals surface area contributed by atoms with Crippen molar-refractivity contribution in [3.05, 3.63) is 22.8 Å². The Balaban J connectivity index is 1.71. The summed E-state index contributed by atoms with van der Waals surface area (Å²) in [6.45, 7) is 2.95. The van der Waals surface area contributed by atoms with Gasteiger partial charge in [-0.25, -0.2) is 9.78 Å². The normalized spacial score (nSPS) is 19.2. The fourth-order valence-corrected chi connectivity index (χ4v) is 3.07. The van der Waals surface area contributed by atoms with Crippen LogP contribution >= 0.6 is 11.6 Å². The number of pyridine rings is 1. The molecule has 1 saturated carbocycles. The van der Waals surface area contributed by atoms with Crippen LogP contribution in [0, 0.1) is 0 Å². The van der Waals surface area contributed by atoms with Crippen LogP contribution in [0.25, 0.3) is 0 Å². The van der Waals surface area contributed by atoms with Gasteiger partial charge >= 0.3 is 12.0 Å². The Kier molecular flexibility index (Phi) is 6.83. The zero-order valence-electron chi connectivity index (χ0n) is 14.3. The van der Waals surface area contributed by atoms with E-state index in [2.05, 4.69) is 15.6 Å². The molecule has 1 aromatic rings. The number of amides is 2. The number of likely N-dealkylation sites (N-methyl/N-ethyl adjacent to an activating group) is 1. The number of carbonyl (C=O) groups is 2. The highest BCUT2D eigenvalue weighted by atomic mass is 35.5. The zero-order chi connectivity index (χ0) is 18.4. The molecule has 1 aliphatic carbocycles. The number of hydrogen-bond acceptors (Lipinski definition) is 5. The van der Waals surface area contributed by atoms with Crippen molar-refractivity contribution in [2.24, 2.45) is 0 Å². The van der Waals surface area contributed by atoms with Crippen molar-refractivity contribution in [3.63, 3.8) is 0 Å². The van der Waals surface area contributed by atoms with Crippen LogP contribution in [-0.2, 0) is 11.3 Å². The van der Waals surface area contributed by atoms with Gasteiger partial charge < -0.3 is 20.5 Å². The Labute approximate surface area is 151 Å². The first-order chi connectivity index (χ1) is 11.9. The molecule has 9 heteroatoms. The van der Waals surface area contributed by atoms with Crippen LogP contribution in [0.5, 0.6) is 5.88 Å². The number of halogens is 1. The second-order valence-electron chi connectivity index (χ2n) is 5.94. The van der Waals surface area contributed by atoms with Gasteiger partial charge in [-0.3, -0.25) is 9.69 Å². The molecule has 3 N–H and O–H groups in total. The SMILES string of the molecule is CCN(CC(=O)O)C1CC(NC(=O)NCc2cnc(OC)c(Cl)c2)C1. The predicted octanol–water partition coefficient (Wildman–Crippen LogP) is 1.48. The van der Waals surface area contributed by atoms with Crippen molar-refractivity contribution in [2.45, 2.75) is 38.4 Å². The Morgan fingerprint density at radius 3 is 2.76 bits per heavy atom. The second-order valence-corrected chi connectivity index (χ2v) is 6.35. The molecule has 0 aliphatic heterocycles. The number of aromatic nitrogens is 1. The number of urea groups is 1. The van der Waals surface area contributed by atoms with E-state index in [1.807, 2.05) is 11.8 Å². The molecule has 138 valence electrons. The van der Waals surface area contributed by atoms with E-state index < -0.39 is 5.97 Å². The number of carbonyl (C=O) groups excluding carboxylic acids is 1. The maximum atomic E-state index is 11.9. The minimum absolute atomic E-state index is 0.0330. The minimum Gasteiger partial charge on any atom is -0.480 e. The van der Waals surface area contributed by atoms with Crippen LogP contribution in [0.3, 0.4) is 0 Å². The summed E-state index contributed by atoms with van der Waals surface area (Å²) in [5.74, 6) is -0.486. The average Bonchev–Trinajstić information content (AvgIpc) is 2.54.